The molecule has 1 saturated heterocycles. The first-order valence-corrected chi connectivity index (χ1v) is 13.3. The van der Waals surface area contributed by atoms with Crippen LogP contribution in [0.5, 0.6) is 0 Å². The second-order valence-corrected chi connectivity index (χ2v) is 9.90. The maximum Gasteiger partial charge on any atom is 0.251 e. The fourth-order valence-corrected chi connectivity index (χ4v) is 5.15. The Bertz CT molecular complexity index is 1260. The number of nitrogens with zero attached hydrogens (tertiary/aromatic N) is 2. The standard InChI is InChI=1S/C31H34N4O2/c1-2-28(23-9-5-3-6-10-23)33-30(36)24-13-16-26-27(31(37)34-29(26)19-24)20-32-25-14-11-22(12-15-25)21-35-17-7-4-8-18-35/h3,5-6,9-16,19-20,27-28H,2,4,7-8,17-18,21H2,1H3,(H,33,36)(H,34,37)/t27?,28-/m0/s1. The van der Waals surface area contributed by atoms with E-state index in [1.54, 1.807) is 18.3 Å². The molecule has 1 unspecified atom stereocenters. The predicted molar refractivity (Wildman–Crippen MR) is 148 cm³/mol. The summed E-state index contributed by atoms with van der Waals surface area (Å²) >= 11 is 0. The summed E-state index contributed by atoms with van der Waals surface area (Å²) in [4.78, 5) is 32.8. The van der Waals surface area contributed by atoms with Crippen LogP contribution in [0.15, 0.2) is 77.8 Å². The van der Waals surface area contributed by atoms with Gasteiger partial charge < -0.3 is 10.6 Å². The Kier molecular flexibility index (Phi) is 7.76. The number of benzene rings is 3. The molecular formula is C31H34N4O2. The quantitative estimate of drug-likeness (QED) is 0.378. The van der Waals surface area contributed by atoms with Crippen molar-refractivity contribution in [1.82, 2.24) is 10.2 Å². The zero-order valence-corrected chi connectivity index (χ0v) is 21.3. The number of carbonyl (C=O) groups excluding carboxylic acids is 2. The average Bonchev–Trinajstić information content (AvgIpc) is 3.26. The lowest BCUT2D eigenvalue weighted by atomic mass is 9.99. The molecule has 37 heavy (non-hydrogen) atoms. The summed E-state index contributed by atoms with van der Waals surface area (Å²) in [5.74, 6) is -0.767. The molecule has 0 saturated carbocycles. The van der Waals surface area contributed by atoms with Gasteiger partial charge in [0.05, 0.1) is 11.7 Å². The summed E-state index contributed by atoms with van der Waals surface area (Å²) in [7, 11) is 0. The van der Waals surface area contributed by atoms with Crippen molar-refractivity contribution in [3.05, 3.63) is 95.1 Å². The summed E-state index contributed by atoms with van der Waals surface area (Å²) in [5, 5.41) is 6.03. The molecule has 3 aromatic carbocycles. The van der Waals surface area contributed by atoms with Crippen molar-refractivity contribution in [3.8, 4) is 0 Å². The predicted octanol–water partition coefficient (Wildman–Crippen LogP) is 5.99. The number of rotatable bonds is 8. The van der Waals surface area contributed by atoms with Gasteiger partial charge in [0, 0.05) is 24.0 Å². The van der Waals surface area contributed by atoms with Gasteiger partial charge in [0.1, 0.15) is 5.92 Å². The molecule has 2 aliphatic heterocycles. The van der Waals surface area contributed by atoms with Crippen molar-refractivity contribution < 1.29 is 9.59 Å². The van der Waals surface area contributed by atoms with E-state index in [9.17, 15) is 9.59 Å². The van der Waals surface area contributed by atoms with Gasteiger partial charge in [-0.05, 0) is 73.3 Å². The third-order valence-electron chi connectivity index (χ3n) is 7.27. The zero-order valence-electron chi connectivity index (χ0n) is 21.3. The van der Waals surface area contributed by atoms with Crippen LogP contribution in [0, 0.1) is 0 Å². The van der Waals surface area contributed by atoms with Crippen LogP contribution in [0.4, 0.5) is 11.4 Å². The fourth-order valence-electron chi connectivity index (χ4n) is 5.15. The monoisotopic (exact) mass is 494 g/mol. The normalized spacial score (nSPS) is 18.4. The van der Waals surface area contributed by atoms with Crippen LogP contribution < -0.4 is 10.6 Å². The van der Waals surface area contributed by atoms with E-state index in [4.69, 9.17) is 0 Å². The van der Waals surface area contributed by atoms with Crippen LogP contribution in [0.25, 0.3) is 0 Å². The summed E-state index contributed by atoms with van der Waals surface area (Å²) in [6, 6.07) is 23.5. The van der Waals surface area contributed by atoms with Crippen molar-refractivity contribution in [3.63, 3.8) is 0 Å². The van der Waals surface area contributed by atoms with E-state index < -0.39 is 5.92 Å². The molecule has 2 atom stereocenters. The number of nitrogens with one attached hydrogen (secondary N) is 2. The Morgan fingerprint density at radius 2 is 1.81 bits per heavy atom. The molecule has 2 N–H and O–H groups in total. The minimum Gasteiger partial charge on any atom is -0.345 e. The van der Waals surface area contributed by atoms with Crippen molar-refractivity contribution in [2.45, 2.75) is 51.1 Å². The molecule has 2 aliphatic rings. The largest absolute Gasteiger partial charge is 0.345 e. The third-order valence-corrected chi connectivity index (χ3v) is 7.27. The van der Waals surface area contributed by atoms with Gasteiger partial charge in [-0.3, -0.25) is 19.5 Å². The highest BCUT2D eigenvalue weighted by atomic mass is 16.2. The molecule has 0 bridgehead atoms. The van der Waals surface area contributed by atoms with Gasteiger partial charge in [-0.25, -0.2) is 0 Å². The first-order valence-electron chi connectivity index (χ1n) is 13.3. The molecule has 5 rings (SSSR count). The van der Waals surface area contributed by atoms with Crippen molar-refractivity contribution in [1.29, 1.82) is 0 Å². The Labute approximate surface area is 218 Å². The fraction of sp³-hybridized carbons (Fsp3) is 0.323. The van der Waals surface area contributed by atoms with E-state index in [2.05, 4.69) is 32.7 Å². The molecule has 2 amide bonds. The second kappa shape index (κ2) is 11.5. The lowest BCUT2D eigenvalue weighted by Crippen LogP contribution is -2.28. The number of piperidine rings is 1. The van der Waals surface area contributed by atoms with Gasteiger partial charge in [0.2, 0.25) is 5.91 Å². The van der Waals surface area contributed by atoms with Crippen molar-refractivity contribution in [2.24, 2.45) is 4.99 Å². The van der Waals surface area contributed by atoms with Gasteiger partial charge in [0.25, 0.3) is 5.91 Å². The smallest absolute Gasteiger partial charge is 0.251 e. The highest BCUT2D eigenvalue weighted by Gasteiger charge is 2.30. The molecule has 2 heterocycles. The number of anilines is 1. The van der Waals surface area contributed by atoms with Gasteiger partial charge in [-0.15, -0.1) is 0 Å². The number of hydrogen-bond acceptors (Lipinski definition) is 4. The highest BCUT2D eigenvalue weighted by molar-refractivity contribution is 6.13. The number of amides is 2. The van der Waals surface area contributed by atoms with Crippen LogP contribution in [0.1, 0.15) is 71.6 Å². The lowest BCUT2D eigenvalue weighted by Gasteiger charge is -2.26. The molecular weight excluding hydrogens is 460 g/mol. The molecule has 6 nitrogen and oxygen atoms in total. The third kappa shape index (κ3) is 5.97. The average molecular weight is 495 g/mol. The Morgan fingerprint density at radius 3 is 2.54 bits per heavy atom. The number of carbonyl (C=O) groups is 2. The van der Waals surface area contributed by atoms with Crippen LogP contribution in [-0.2, 0) is 11.3 Å². The summed E-state index contributed by atoms with van der Waals surface area (Å²) in [6.45, 7) is 5.37. The minimum atomic E-state index is -0.479. The molecule has 3 aromatic rings. The topological polar surface area (TPSA) is 73.8 Å². The van der Waals surface area contributed by atoms with Crippen LogP contribution in [0.3, 0.4) is 0 Å². The summed E-state index contributed by atoms with van der Waals surface area (Å²) in [5.41, 5.74) is 5.21. The first-order chi connectivity index (χ1) is 18.1. The molecule has 190 valence electrons. The molecule has 0 spiro atoms. The minimum absolute atomic E-state index is 0.0670. The van der Waals surface area contributed by atoms with Crippen molar-refractivity contribution in [2.75, 3.05) is 18.4 Å². The molecule has 0 aliphatic carbocycles. The van der Waals surface area contributed by atoms with E-state index in [-0.39, 0.29) is 17.9 Å². The highest BCUT2D eigenvalue weighted by Crippen LogP contribution is 2.33. The van der Waals surface area contributed by atoms with E-state index in [0.717, 1.165) is 29.8 Å². The van der Waals surface area contributed by atoms with Crippen LogP contribution >= 0.6 is 0 Å². The van der Waals surface area contributed by atoms with Gasteiger partial charge in [-0.1, -0.05) is 61.9 Å². The number of hydrogen-bond donors (Lipinski definition) is 2. The van der Waals surface area contributed by atoms with Gasteiger partial charge in [0.15, 0.2) is 0 Å². The second-order valence-electron chi connectivity index (χ2n) is 9.90. The van der Waals surface area contributed by atoms with Crippen LogP contribution in [0.2, 0.25) is 0 Å². The number of aliphatic imine (C=N–C) groups is 1. The molecule has 0 aromatic heterocycles. The number of fused-ring (bicyclic) bond motifs is 1. The Hall–Kier alpha value is -3.77. The van der Waals surface area contributed by atoms with E-state index in [1.165, 1.54) is 37.9 Å². The van der Waals surface area contributed by atoms with Crippen molar-refractivity contribution >= 4 is 29.4 Å². The lowest BCUT2D eigenvalue weighted by molar-refractivity contribution is -0.115. The van der Waals surface area contributed by atoms with Gasteiger partial charge in [-0.2, -0.15) is 0 Å². The maximum atomic E-state index is 13.0. The molecule has 1 fully saturated rings. The summed E-state index contributed by atoms with van der Waals surface area (Å²) in [6.07, 6.45) is 6.39. The first kappa shape index (κ1) is 24.9. The Balaban J connectivity index is 1.24. The van der Waals surface area contributed by atoms with E-state index in [1.807, 2.05) is 55.5 Å². The van der Waals surface area contributed by atoms with E-state index >= 15 is 0 Å². The Morgan fingerprint density at radius 1 is 1.05 bits per heavy atom. The van der Waals surface area contributed by atoms with Crippen LogP contribution in [-0.4, -0.2) is 36.0 Å². The van der Waals surface area contributed by atoms with Gasteiger partial charge >= 0.3 is 0 Å². The molecule has 0 radical (unpaired) electrons. The SMILES string of the molecule is CC[C@H](NC(=O)c1ccc2c(c1)NC(=O)C2C=Nc1ccc(CN2CCCCC2)cc1)c1ccccc1. The number of likely N-dealkylation sites (tertiary alicyclic amines) is 1. The summed E-state index contributed by atoms with van der Waals surface area (Å²) < 4.78 is 0. The zero-order chi connectivity index (χ0) is 25.6. The van der Waals surface area contributed by atoms with E-state index in [0.29, 0.717) is 11.3 Å². The maximum absolute atomic E-state index is 13.0. The molecule has 6 heteroatoms.